The molecule has 4 heterocycles. The van der Waals surface area contributed by atoms with Crippen LogP contribution in [0.5, 0.6) is 11.5 Å². The van der Waals surface area contributed by atoms with Crippen molar-refractivity contribution in [2.75, 3.05) is 33.9 Å². The molecular weight excluding hydrogens is 460 g/mol. The van der Waals surface area contributed by atoms with Gasteiger partial charge in [0.15, 0.2) is 0 Å². The second-order valence-electron chi connectivity index (χ2n) is 9.88. The lowest BCUT2D eigenvalue weighted by Crippen LogP contribution is -2.54. The number of aromatic nitrogens is 1. The molecule has 1 aromatic carbocycles. The van der Waals surface area contributed by atoms with Gasteiger partial charge >= 0.3 is 6.03 Å². The molecule has 1 spiro atoms. The summed E-state index contributed by atoms with van der Waals surface area (Å²) in [5.74, 6) is 2.00. The van der Waals surface area contributed by atoms with Gasteiger partial charge in [0.2, 0.25) is 0 Å². The number of rotatable bonds is 4. The van der Waals surface area contributed by atoms with E-state index in [0.717, 1.165) is 22.6 Å². The summed E-state index contributed by atoms with van der Waals surface area (Å²) >= 11 is 0. The number of carbonyl (C=O) groups excluding carboxylic acids is 2. The van der Waals surface area contributed by atoms with Crippen molar-refractivity contribution in [3.8, 4) is 11.5 Å². The normalized spacial score (nSPS) is 20.7. The van der Waals surface area contributed by atoms with Crippen molar-refractivity contribution in [1.82, 2.24) is 19.9 Å². The Morgan fingerprint density at radius 2 is 1.92 bits per heavy atom. The molecule has 0 aliphatic carbocycles. The number of likely N-dealkylation sites (tertiary alicyclic amines) is 1. The molecule has 5 rings (SSSR count). The van der Waals surface area contributed by atoms with E-state index < -0.39 is 5.54 Å². The van der Waals surface area contributed by atoms with Gasteiger partial charge in [-0.15, -0.1) is 0 Å². The largest absolute Gasteiger partial charge is 0.497 e. The van der Waals surface area contributed by atoms with Crippen LogP contribution in [0.4, 0.5) is 4.79 Å². The summed E-state index contributed by atoms with van der Waals surface area (Å²) in [6.07, 6.45) is 3.57. The van der Waals surface area contributed by atoms with Crippen molar-refractivity contribution in [2.24, 2.45) is 0 Å². The molecule has 36 heavy (non-hydrogen) atoms. The van der Waals surface area contributed by atoms with Gasteiger partial charge in [-0.05, 0) is 45.2 Å². The zero-order valence-corrected chi connectivity index (χ0v) is 21.9. The van der Waals surface area contributed by atoms with Crippen molar-refractivity contribution in [3.63, 3.8) is 0 Å². The molecule has 2 saturated heterocycles. The van der Waals surface area contributed by atoms with Crippen LogP contribution in [0.2, 0.25) is 0 Å². The molecule has 0 N–H and O–H groups in total. The van der Waals surface area contributed by atoms with Crippen molar-refractivity contribution >= 4 is 11.9 Å². The molecular formula is C27H34N4O5. The molecule has 192 valence electrons. The van der Waals surface area contributed by atoms with Crippen LogP contribution in [-0.4, -0.2) is 71.2 Å². The van der Waals surface area contributed by atoms with Crippen LogP contribution < -0.4 is 9.47 Å². The third-order valence-corrected chi connectivity index (χ3v) is 8.04. The number of carbonyl (C=O) groups is 2. The molecule has 9 heteroatoms. The fourth-order valence-corrected chi connectivity index (χ4v) is 6.29. The molecule has 3 amide bonds. The zero-order valence-electron chi connectivity index (χ0n) is 21.9. The maximum absolute atomic E-state index is 13.8. The lowest BCUT2D eigenvalue weighted by molar-refractivity contribution is 0.0573. The van der Waals surface area contributed by atoms with Crippen molar-refractivity contribution in [1.29, 1.82) is 0 Å². The first-order valence-electron chi connectivity index (χ1n) is 12.5. The number of likely N-dealkylation sites (N-methyl/N-ethyl adjacent to an activating group) is 1. The van der Waals surface area contributed by atoms with Crippen LogP contribution in [-0.2, 0) is 6.54 Å². The number of piperidine rings is 1. The van der Waals surface area contributed by atoms with E-state index in [0.29, 0.717) is 61.8 Å². The number of methoxy groups -OCH3 is 2. The summed E-state index contributed by atoms with van der Waals surface area (Å²) in [6.45, 7) is 9.89. The highest BCUT2D eigenvalue weighted by Crippen LogP contribution is 2.49. The summed E-state index contributed by atoms with van der Waals surface area (Å²) < 4.78 is 16.5. The van der Waals surface area contributed by atoms with Crippen molar-refractivity contribution in [3.05, 3.63) is 52.1 Å². The van der Waals surface area contributed by atoms with Crippen molar-refractivity contribution in [2.45, 2.75) is 58.5 Å². The zero-order chi connectivity index (χ0) is 25.8. The first kappa shape index (κ1) is 24.2. The number of benzene rings is 1. The fraction of sp³-hybridized carbons (Fsp3) is 0.519. The summed E-state index contributed by atoms with van der Waals surface area (Å²) in [6, 6.07) is 3.92. The summed E-state index contributed by atoms with van der Waals surface area (Å²) in [5.41, 5.74) is 3.84. The third-order valence-electron chi connectivity index (χ3n) is 8.04. The van der Waals surface area contributed by atoms with Gasteiger partial charge in [0, 0.05) is 42.9 Å². The average molecular weight is 495 g/mol. The van der Waals surface area contributed by atoms with E-state index in [-0.39, 0.29) is 17.9 Å². The highest BCUT2D eigenvalue weighted by molar-refractivity contribution is 5.96. The molecule has 9 nitrogen and oxygen atoms in total. The fourth-order valence-electron chi connectivity index (χ4n) is 6.29. The molecule has 1 unspecified atom stereocenters. The summed E-state index contributed by atoms with van der Waals surface area (Å²) in [4.78, 5) is 32.8. The number of nitrogens with zero attached hydrogens (tertiary/aromatic N) is 4. The Morgan fingerprint density at radius 3 is 2.50 bits per heavy atom. The van der Waals surface area contributed by atoms with E-state index in [1.807, 2.05) is 33.8 Å². The number of fused-ring (bicyclic) bond motifs is 3. The van der Waals surface area contributed by atoms with Gasteiger partial charge in [-0.25, -0.2) is 4.79 Å². The number of ether oxygens (including phenoxy) is 2. The van der Waals surface area contributed by atoms with Gasteiger partial charge in [-0.2, -0.15) is 0 Å². The molecule has 0 saturated carbocycles. The quantitative estimate of drug-likeness (QED) is 0.632. The number of hydrogen-bond donors (Lipinski definition) is 0. The monoisotopic (exact) mass is 494 g/mol. The molecule has 2 aromatic rings. The minimum absolute atomic E-state index is 0.0103. The SMILES string of the molecule is CCN1C(=O)N2Cc3cc(OC)cc(OC)c3C(C)C=C2C12CCN(C(=O)c1c(C)noc1C)CC2. The van der Waals surface area contributed by atoms with Gasteiger partial charge in [-0.1, -0.05) is 18.2 Å². The number of amides is 3. The Hall–Kier alpha value is -3.49. The molecule has 1 atom stereocenters. The van der Waals surface area contributed by atoms with Crippen LogP contribution in [0.25, 0.3) is 0 Å². The second kappa shape index (κ2) is 8.87. The minimum atomic E-state index is -0.449. The van der Waals surface area contributed by atoms with Gasteiger partial charge in [0.1, 0.15) is 22.8 Å². The smallest absolute Gasteiger partial charge is 0.325 e. The number of hydrogen-bond acceptors (Lipinski definition) is 6. The van der Waals surface area contributed by atoms with Crippen molar-refractivity contribution < 1.29 is 23.6 Å². The molecule has 1 aromatic heterocycles. The van der Waals surface area contributed by atoms with E-state index in [4.69, 9.17) is 14.0 Å². The first-order valence-corrected chi connectivity index (χ1v) is 12.5. The Kier molecular flexibility index (Phi) is 5.97. The van der Waals surface area contributed by atoms with E-state index in [1.54, 1.807) is 28.1 Å². The van der Waals surface area contributed by atoms with Gasteiger partial charge in [0.25, 0.3) is 5.91 Å². The maximum atomic E-state index is 13.8. The van der Waals surface area contributed by atoms with Crippen LogP contribution in [0.3, 0.4) is 0 Å². The summed E-state index contributed by atoms with van der Waals surface area (Å²) in [5, 5.41) is 3.95. The highest BCUT2D eigenvalue weighted by atomic mass is 16.5. The highest BCUT2D eigenvalue weighted by Gasteiger charge is 2.55. The van der Waals surface area contributed by atoms with Gasteiger partial charge in [-0.3, -0.25) is 9.69 Å². The third kappa shape index (κ3) is 3.47. The molecule has 0 radical (unpaired) electrons. The number of aryl methyl sites for hydroxylation is 2. The van der Waals surface area contributed by atoms with E-state index in [9.17, 15) is 9.59 Å². The van der Waals surface area contributed by atoms with Gasteiger partial charge in [0.05, 0.1) is 32.0 Å². The average Bonchev–Trinajstić information content (AvgIpc) is 3.24. The van der Waals surface area contributed by atoms with E-state index >= 15 is 0 Å². The molecule has 3 aliphatic heterocycles. The van der Waals surface area contributed by atoms with Gasteiger partial charge < -0.3 is 23.8 Å². The molecule has 0 bridgehead atoms. The molecule has 3 aliphatic rings. The van der Waals surface area contributed by atoms with E-state index in [2.05, 4.69) is 18.2 Å². The summed E-state index contributed by atoms with van der Waals surface area (Å²) in [7, 11) is 3.30. The Labute approximate surface area is 211 Å². The number of allylic oxidation sites excluding steroid dienone is 1. The van der Waals surface area contributed by atoms with Crippen LogP contribution in [0.1, 0.15) is 65.5 Å². The Morgan fingerprint density at radius 1 is 1.19 bits per heavy atom. The Bertz CT molecular complexity index is 1220. The van der Waals surface area contributed by atoms with Crippen LogP contribution in [0, 0.1) is 13.8 Å². The maximum Gasteiger partial charge on any atom is 0.325 e. The predicted octanol–water partition coefficient (Wildman–Crippen LogP) is 4.24. The van der Waals surface area contributed by atoms with Crippen LogP contribution in [0.15, 0.2) is 28.4 Å². The predicted molar refractivity (Wildman–Crippen MR) is 133 cm³/mol. The van der Waals surface area contributed by atoms with E-state index in [1.165, 1.54) is 0 Å². The topological polar surface area (TPSA) is 88.4 Å². The van der Waals surface area contributed by atoms with Crippen LogP contribution >= 0.6 is 0 Å². The lowest BCUT2D eigenvalue weighted by Gasteiger charge is -2.44. The first-order chi connectivity index (χ1) is 17.2. The molecule has 2 fully saturated rings. The second-order valence-corrected chi connectivity index (χ2v) is 9.88. The Balaban J connectivity index is 1.50. The standard InChI is InChI=1S/C27H34N4O5/c1-7-31-26(33)30-15-19-13-20(34-5)14-21(35-6)23(19)16(2)12-22(30)27(31)8-10-29(11-9-27)25(32)24-17(3)28-36-18(24)4/h12-14,16H,7-11,15H2,1-6H3. The minimum Gasteiger partial charge on any atom is -0.497 e. The number of urea groups is 1. The lowest BCUT2D eigenvalue weighted by atomic mass is 9.82.